The zero-order chi connectivity index (χ0) is 15.7. The highest BCUT2D eigenvalue weighted by atomic mass is 32.2. The standard InChI is InChI=1S/C12H12N6O2S2/c13-10(18-22(14,19)20)6-7-1-2-9-8(5-7)17-11-12(21-9)16-4-3-15-11/h1-5H,6H2,(H2,13,18)(H,15,17)(H2,14,19,20). The molecule has 0 bridgehead atoms. The summed E-state index contributed by atoms with van der Waals surface area (Å²) >= 11 is 1.51. The third-order valence-electron chi connectivity index (χ3n) is 2.80. The second kappa shape index (κ2) is 5.55. The highest BCUT2D eigenvalue weighted by Gasteiger charge is 2.17. The van der Waals surface area contributed by atoms with Crippen LogP contribution in [0.5, 0.6) is 0 Å². The maximum Gasteiger partial charge on any atom is 0.318 e. The summed E-state index contributed by atoms with van der Waals surface area (Å²) in [5.41, 5.74) is 7.26. The normalized spacial score (nSPS) is 14.0. The lowest BCUT2D eigenvalue weighted by Gasteiger charge is -2.19. The van der Waals surface area contributed by atoms with Crippen molar-refractivity contribution in [2.24, 2.45) is 15.3 Å². The zero-order valence-corrected chi connectivity index (χ0v) is 12.9. The van der Waals surface area contributed by atoms with Crippen molar-refractivity contribution in [3.05, 3.63) is 36.2 Å². The number of benzene rings is 1. The van der Waals surface area contributed by atoms with Crippen LogP contribution in [0.25, 0.3) is 0 Å². The maximum atomic E-state index is 10.9. The summed E-state index contributed by atoms with van der Waals surface area (Å²) in [7, 11) is -3.98. The lowest BCUT2D eigenvalue weighted by molar-refractivity contribution is 0.599. The Labute approximate surface area is 131 Å². The molecule has 0 aliphatic carbocycles. The summed E-state index contributed by atoms with van der Waals surface area (Å²) in [5.74, 6) is 0.620. The molecule has 0 atom stereocenters. The van der Waals surface area contributed by atoms with E-state index in [4.69, 9.17) is 10.9 Å². The van der Waals surface area contributed by atoms with E-state index in [0.29, 0.717) is 5.82 Å². The van der Waals surface area contributed by atoms with Crippen LogP contribution in [-0.4, -0.2) is 24.2 Å². The van der Waals surface area contributed by atoms with Crippen molar-refractivity contribution in [3.63, 3.8) is 0 Å². The van der Waals surface area contributed by atoms with Gasteiger partial charge >= 0.3 is 10.2 Å². The molecule has 5 N–H and O–H groups in total. The van der Waals surface area contributed by atoms with Crippen molar-refractivity contribution in [1.82, 2.24) is 9.97 Å². The van der Waals surface area contributed by atoms with Gasteiger partial charge in [0.25, 0.3) is 0 Å². The van der Waals surface area contributed by atoms with Gasteiger partial charge in [0.15, 0.2) is 5.82 Å². The van der Waals surface area contributed by atoms with Gasteiger partial charge in [-0.15, -0.1) is 4.40 Å². The van der Waals surface area contributed by atoms with Crippen LogP contribution in [0.4, 0.5) is 11.5 Å². The molecule has 0 amide bonds. The van der Waals surface area contributed by atoms with Gasteiger partial charge in [-0.05, 0) is 17.7 Å². The first-order valence-electron chi connectivity index (χ1n) is 6.16. The van der Waals surface area contributed by atoms with Gasteiger partial charge in [0.05, 0.1) is 5.69 Å². The fourth-order valence-corrected chi connectivity index (χ4v) is 3.27. The van der Waals surface area contributed by atoms with Gasteiger partial charge in [-0.2, -0.15) is 8.42 Å². The molecule has 22 heavy (non-hydrogen) atoms. The van der Waals surface area contributed by atoms with Gasteiger partial charge < -0.3 is 11.1 Å². The second-order valence-electron chi connectivity index (χ2n) is 4.54. The second-order valence-corrected chi connectivity index (χ2v) is 6.79. The molecule has 1 aliphatic rings. The van der Waals surface area contributed by atoms with Gasteiger partial charge in [-0.1, -0.05) is 17.8 Å². The number of nitrogens with two attached hydrogens (primary N) is 2. The lowest BCUT2D eigenvalue weighted by atomic mass is 10.1. The van der Waals surface area contributed by atoms with E-state index < -0.39 is 10.2 Å². The van der Waals surface area contributed by atoms with E-state index in [0.717, 1.165) is 21.2 Å². The molecule has 1 aromatic carbocycles. The van der Waals surface area contributed by atoms with Crippen molar-refractivity contribution in [2.45, 2.75) is 16.3 Å². The Kier molecular flexibility index (Phi) is 3.72. The number of nitrogens with zero attached hydrogens (tertiary/aromatic N) is 3. The van der Waals surface area contributed by atoms with Gasteiger partial charge in [0, 0.05) is 23.7 Å². The van der Waals surface area contributed by atoms with Crippen LogP contribution in [0, 0.1) is 0 Å². The van der Waals surface area contributed by atoms with Crippen LogP contribution in [0.1, 0.15) is 5.56 Å². The molecule has 3 rings (SSSR count). The molecule has 0 saturated heterocycles. The number of amidine groups is 1. The minimum Gasteiger partial charge on any atom is -0.386 e. The number of hydrogen-bond donors (Lipinski definition) is 3. The van der Waals surface area contributed by atoms with E-state index >= 15 is 0 Å². The fraction of sp³-hybridized carbons (Fsp3) is 0.0833. The third-order valence-corrected chi connectivity index (χ3v) is 4.36. The zero-order valence-electron chi connectivity index (χ0n) is 11.2. The molecule has 2 heterocycles. The minimum atomic E-state index is -3.98. The average molecular weight is 336 g/mol. The number of nitrogens with one attached hydrogen (secondary N) is 1. The largest absolute Gasteiger partial charge is 0.386 e. The Bertz CT molecular complexity index is 866. The molecule has 114 valence electrons. The number of aromatic nitrogens is 2. The van der Waals surface area contributed by atoms with Gasteiger partial charge in [-0.25, -0.2) is 15.1 Å². The van der Waals surface area contributed by atoms with E-state index in [1.54, 1.807) is 12.4 Å². The van der Waals surface area contributed by atoms with Gasteiger partial charge in [-0.3, -0.25) is 0 Å². The highest BCUT2D eigenvalue weighted by molar-refractivity contribution is 7.99. The van der Waals surface area contributed by atoms with E-state index in [1.807, 2.05) is 18.2 Å². The van der Waals surface area contributed by atoms with E-state index in [2.05, 4.69) is 19.7 Å². The topological polar surface area (TPSA) is 136 Å². The summed E-state index contributed by atoms with van der Waals surface area (Å²) in [6.45, 7) is 0. The third kappa shape index (κ3) is 3.35. The molecular weight excluding hydrogens is 324 g/mol. The first-order valence-corrected chi connectivity index (χ1v) is 8.48. The summed E-state index contributed by atoms with van der Waals surface area (Å²) in [5, 5.41) is 8.82. The van der Waals surface area contributed by atoms with Crippen molar-refractivity contribution in [1.29, 1.82) is 0 Å². The SMILES string of the molecule is NC(Cc1ccc2c(c1)Nc1nccnc1S2)=NS(N)(=O)=O. The molecule has 0 fully saturated rings. The van der Waals surface area contributed by atoms with Crippen molar-refractivity contribution >= 4 is 39.3 Å². The van der Waals surface area contributed by atoms with E-state index in [-0.39, 0.29) is 12.3 Å². The molecule has 0 spiro atoms. The quantitative estimate of drug-likeness (QED) is 0.475. The molecule has 2 aromatic rings. The predicted molar refractivity (Wildman–Crippen MR) is 84.3 cm³/mol. The Hall–Kier alpha value is -2.17. The van der Waals surface area contributed by atoms with Gasteiger partial charge in [0.2, 0.25) is 0 Å². The lowest BCUT2D eigenvalue weighted by Crippen LogP contribution is -2.20. The van der Waals surface area contributed by atoms with Gasteiger partial charge in [0.1, 0.15) is 10.9 Å². The molecular formula is C12H12N6O2S2. The van der Waals surface area contributed by atoms with Crippen molar-refractivity contribution in [2.75, 3.05) is 5.32 Å². The molecule has 0 saturated carbocycles. The average Bonchev–Trinajstić information content (AvgIpc) is 2.43. The number of fused-ring (bicyclic) bond motifs is 2. The molecule has 0 unspecified atom stereocenters. The van der Waals surface area contributed by atoms with Crippen LogP contribution >= 0.6 is 11.8 Å². The van der Waals surface area contributed by atoms with Crippen LogP contribution in [0.2, 0.25) is 0 Å². The minimum absolute atomic E-state index is 0.0638. The summed E-state index contributed by atoms with van der Waals surface area (Å²) < 4.78 is 25.0. The number of anilines is 2. The van der Waals surface area contributed by atoms with Crippen molar-refractivity contribution < 1.29 is 8.42 Å². The summed E-state index contributed by atoms with van der Waals surface area (Å²) in [6.07, 6.45) is 3.43. The fourth-order valence-electron chi connectivity index (χ4n) is 2.00. The first-order chi connectivity index (χ1) is 10.4. The van der Waals surface area contributed by atoms with Crippen LogP contribution in [-0.2, 0) is 16.6 Å². The monoisotopic (exact) mass is 336 g/mol. The van der Waals surface area contributed by atoms with Crippen LogP contribution < -0.4 is 16.2 Å². The van der Waals surface area contributed by atoms with E-state index in [9.17, 15) is 8.42 Å². The Morgan fingerprint density at radius 3 is 2.86 bits per heavy atom. The Morgan fingerprint density at radius 2 is 2.09 bits per heavy atom. The van der Waals surface area contributed by atoms with Crippen LogP contribution in [0.3, 0.4) is 0 Å². The first kappa shape index (κ1) is 14.8. The highest BCUT2D eigenvalue weighted by Crippen LogP contribution is 2.41. The predicted octanol–water partition coefficient (Wildman–Crippen LogP) is 0.788. The number of hydrogen-bond acceptors (Lipinski definition) is 6. The van der Waals surface area contributed by atoms with Crippen LogP contribution in [0.15, 0.2) is 44.9 Å². The summed E-state index contributed by atoms with van der Waals surface area (Å²) in [6, 6.07) is 5.62. The molecule has 0 radical (unpaired) electrons. The van der Waals surface area contributed by atoms with E-state index in [1.165, 1.54) is 11.8 Å². The molecule has 10 heteroatoms. The summed E-state index contributed by atoms with van der Waals surface area (Å²) in [4.78, 5) is 9.46. The Balaban J connectivity index is 1.86. The maximum absolute atomic E-state index is 10.9. The number of rotatable bonds is 3. The Morgan fingerprint density at radius 1 is 1.32 bits per heavy atom. The molecule has 1 aromatic heterocycles. The molecule has 1 aliphatic heterocycles. The molecule has 8 nitrogen and oxygen atoms in total. The smallest absolute Gasteiger partial charge is 0.318 e. The van der Waals surface area contributed by atoms with Crippen molar-refractivity contribution in [3.8, 4) is 0 Å².